The van der Waals surface area contributed by atoms with E-state index in [1.165, 1.54) is 6.39 Å². The lowest BCUT2D eigenvalue weighted by Gasteiger charge is -2.14. The third-order valence-electron chi connectivity index (χ3n) is 2.66. The highest BCUT2D eigenvalue weighted by molar-refractivity contribution is 5.58. The summed E-state index contributed by atoms with van der Waals surface area (Å²) >= 11 is 0. The van der Waals surface area contributed by atoms with Gasteiger partial charge >= 0.3 is 0 Å². The third kappa shape index (κ3) is 3.30. The standard InChI is InChI=1S/C13H17N3O2/c1-10(7-8-17-2)15-12-5-3-11(4-6-12)13-16-14-9-18-13/h3-6,9-10,15H,7-8H2,1-2H3. The lowest BCUT2D eigenvalue weighted by Crippen LogP contribution is -2.16. The van der Waals surface area contributed by atoms with Crippen molar-refractivity contribution in [2.24, 2.45) is 0 Å². The predicted octanol–water partition coefficient (Wildman–Crippen LogP) is 2.57. The number of anilines is 1. The summed E-state index contributed by atoms with van der Waals surface area (Å²) in [6.45, 7) is 2.89. The number of hydrogen-bond acceptors (Lipinski definition) is 5. The van der Waals surface area contributed by atoms with Crippen LogP contribution in [-0.4, -0.2) is 30.0 Å². The molecule has 0 aliphatic rings. The second kappa shape index (κ2) is 6.16. The Labute approximate surface area is 106 Å². The summed E-state index contributed by atoms with van der Waals surface area (Å²) in [5.41, 5.74) is 1.99. The number of rotatable bonds is 6. The van der Waals surface area contributed by atoms with E-state index >= 15 is 0 Å². The van der Waals surface area contributed by atoms with Gasteiger partial charge in [-0.2, -0.15) is 0 Å². The Morgan fingerprint density at radius 1 is 1.33 bits per heavy atom. The van der Waals surface area contributed by atoms with E-state index in [-0.39, 0.29) is 0 Å². The van der Waals surface area contributed by atoms with Gasteiger partial charge in [0.1, 0.15) is 0 Å². The van der Waals surface area contributed by atoms with Crippen LogP contribution in [0.1, 0.15) is 13.3 Å². The van der Waals surface area contributed by atoms with Gasteiger partial charge in [-0.3, -0.25) is 0 Å². The molecule has 5 heteroatoms. The van der Waals surface area contributed by atoms with Crippen LogP contribution < -0.4 is 5.32 Å². The molecule has 2 aromatic rings. The van der Waals surface area contributed by atoms with Gasteiger partial charge in [0, 0.05) is 31.0 Å². The van der Waals surface area contributed by atoms with Crippen LogP contribution in [0.4, 0.5) is 5.69 Å². The molecule has 0 fully saturated rings. The minimum atomic E-state index is 0.374. The molecular weight excluding hydrogens is 230 g/mol. The van der Waals surface area contributed by atoms with E-state index in [0.29, 0.717) is 11.9 Å². The molecule has 0 saturated carbocycles. The molecule has 0 radical (unpaired) electrons. The van der Waals surface area contributed by atoms with Crippen molar-refractivity contribution in [2.75, 3.05) is 19.0 Å². The molecule has 1 unspecified atom stereocenters. The molecule has 1 heterocycles. The summed E-state index contributed by atoms with van der Waals surface area (Å²) in [5, 5.41) is 10.9. The number of aromatic nitrogens is 2. The van der Waals surface area contributed by atoms with Crippen molar-refractivity contribution < 1.29 is 9.15 Å². The Hall–Kier alpha value is -1.88. The average molecular weight is 247 g/mol. The fourth-order valence-electron chi connectivity index (χ4n) is 1.66. The highest BCUT2D eigenvalue weighted by Gasteiger charge is 2.04. The van der Waals surface area contributed by atoms with E-state index < -0.39 is 0 Å². The van der Waals surface area contributed by atoms with Crippen LogP contribution in [0.5, 0.6) is 0 Å². The lowest BCUT2D eigenvalue weighted by atomic mass is 10.2. The van der Waals surface area contributed by atoms with Gasteiger partial charge < -0.3 is 14.5 Å². The number of methoxy groups -OCH3 is 1. The number of hydrogen-bond donors (Lipinski definition) is 1. The summed E-state index contributed by atoms with van der Waals surface area (Å²) in [7, 11) is 1.71. The molecule has 1 atom stereocenters. The molecule has 0 aliphatic heterocycles. The molecule has 0 bridgehead atoms. The van der Waals surface area contributed by atoms with Gasteiger partial charge in [0.15, 0.2) is 0 Å². The number of ether oxygens (including phenoxy) is 1. The van der Waals surface area contributed by atoms with E-state index in [1.807, 2.05) is 24.3 Å². The largest absolute Gasteiger partial charge is 0.423 e. The maximum Gasteiger partial charge on any atom is 0.247 e. The summed E-state index contributed by atoms with van der Waals surface area (Å²) in [6.07, 6.45) is 2.30. The van der Waals surface area contributed by atoms with E-state index in [9.17, 15) is 0 Å². The molecule has 0 aliphatic carbocycles. The Kier molecular flexibility index (Phi) is 4.30. The fraction of sp³-hybridized carbons (Fsp3) is 0.385. The first-order chi connectivity index (χ1) is 8.79. The summed E-state index contributed by atoms with van der Waals surface area (Å²) in [5.74, 6) is 0.536. The van der Waals surface area contributed by atoms with Gasteiger partial charge in [-0.25, -0.2) is 0 Å². The zero-order valence-corrected chi connectivity index (χ0v) is 10.6. The molecule has 96 valence electrons. The predicted molar refractivity (Wildman–Crippen MR) is 69.3 cm³/mol. The SMILES string of the molecule is COCCC(C)Nc1ccc(-c2nnco2)cc1. The maximum absolute atomic E-state index is 5.13. The highest BCUT2D eigenvalue weighted by Crippen LogP contribution is 2.19. The van der Waals surface area contributed by atoms with Crippen LogP contribution in [0.2, 0.25) is 0 Å². The zero-order chi connectivity index (χ0) is 12.8. The molecule has 2 rings (SSSR count). The molecule has 1 aromatic carbocycles. The van der Waals surface area contributed by atoms with Crippen LogP contribution in [-0.2, 0) is 4.74 Å². The lowest BCUT2D eigenvalue weighted by molar-refractivity contribution is 0.191. The van der Waals surface area contributed by atoms with Crippen molar-refractivity contribution in [3.05, 3.63) is 30.7 Å². The van der Waals surface area contributed by atoms with Crippen molar-refractivity contribution in [2.45, 2.75) is 19.4 Å². The second-order valence-electron chi connectivity index (χ2n) is 4.15. The summed E-state index contributed by atoms with van der Waals surface area (Å²) < 4.78 is 10.2. The van der Waals surface area contributed by atoms with Crippen LogP contribution >= 0.6 is 0 Å². The molecule has 0 amide bonds. The van der Waals surface area contributed by atoms with Gasteiger partial charge in [-0.15, -0.1) is 10.2 Å². The molecular formula is C13H17N3O2. The highest BCUT2D eigenvalue weighted by atomic mass is 16.5. The van der Waals surface area contributed by atoms with Crippen LogP contribution in [0.25, 0.3) is 11.5 Å². The summed E-state index contributed by atoms with van der Waals surface area (Å²) in [4.78, 5) is 0. The number of benzene rings is 1. The van der Waals surface area contributed by atoms with Crippen LogP contribution in [0.3, 0.4) is 0 Å². The molecule has 18 heavy (non-hydrogen) atoms. The van der Waals surface area contributed by atoms with E-state index in [4.69, 9.17) is 9.15 Å². The molecule has 0 saturated heterocycles. The van der Waals surface area contributed by atoms with Crippen molar-refractivity contribution >= 4 is 5.69 Å². The van der Waals surface area contributed by atoms with Gasteiger partial charge in [0.05, 0.1) is 0 Å². The Bertz CT molecular complexity index is 454. The number of nitrogens with one attached hydrogen (secondary N) is 1. The molecule has 0 spiro atoms. The van der Waals surface area contributed by atoms with Crippen molar-refractivity contribution in [3.8, 4) is 11.5 Å². The first-order valence-electron chi connectivity index (χ1n) is 5.91. The van der Waals surface area contributed by atoms with E-state index in [0.717, 1.165) is 24.3 Å². The fourth-order valence-corrected chi connectivity index (χ4v) is 1.66. The minimum absolute atomic E-state index is 0.374. The monoisotopic (exact) mass is 247 g/mol. The van der Waals surface area contributed by atoms with Crippen molar-refractivity contribution in [1.82, 2.24) is 10.2 Å². The average Bonchev–Trinajstić information content (AvgIpc) is 2.91. The Balaban J connectivity index is 1.95. The Morgan fingerprint density at radius 3 is 2.72 bits per heavy atom. The second-order valence-corrected chi connectivity index (χ2v) is 4.15. The first kappa shape index (κ1) is 12.6. The molecule has 1 aromatic heterocycles. The van der Waals surface area contributed by atoms with E-state index in [1.54, 1.807) is 7.11 Å². The van der Waals surface area contributed by atoms with Crippen LogP contribution in [0.15, 0.2) is 35.1 Å². The van der Waals surface area contributed by atoms with Crippen LogP contribution in [0, 0.1) is 0 Å². The smallest absolute Gasteiger partial charge is 0.247 e. The maximum atomic E-state index is 5.13. The summed E-state index contributed by atoms with van der Waals surface area (Å²) in [6, 6.07) is 8.29. The van der Waals surface area contributed by atoms with Gasteiger partial charge in [-0.1, -0.05) is 0 Å². The van der Waals surface area contributed by atoms with Gasteiger partial charge in [0.25, 0.3) is 0 Å². The van der Waals surface area contributed by atoms with Crippen molar-refractivity contribution in [1.29, 1.82) is 0 Å². The van der Waals surface area contributed by atoms with Gasteiger partial charge in [0.2, 0.25) is 12.3 Å². The van der Waals surface area contributed by atoms with E-state index in [2.05, 4.69) is 22.4 Å². The normalized spacial score (nSPS) is 12.3. The quantitative estimate of drug-likeness (QED) is 0.850. The Morgan fingerprint density at radius 2 is 2.11 bits per heavy atom. The topological polar surface area (TPSA) is 60.2 Å². The van der Waals surface area contributed by atoms with Gasteiger partial charge in [-0.05, 0) is 37.6 Å². The number of nitrogens with zero attached hydrogens (tertiary/aromatic N) is 2. The minimum Gasteiger partial charge on any atom is -0.423 e. The molecule has 1 N–H and O–H groups in total. The third-order valence-corrected chi connectivity index (χ3v) is 2.66. The first-order valence-corrected chi connectivity index (χ1v) is 5.91. The van der Waals surface area contributed by atoms with Crippen molar-refractivity contribution in [3.63, 3.8) is 0 Å². The zero-order valence-electron chi connectivity index (χ0n) is 10.6. The molecule has 5 nitrogen and oxygen atoms in total.